The molecule has 6 heteroatoms. The first-order valence-corrected chi connectivity index (χ1v) is 5.50. The van der Waals surface area contributed by atoms with Crippen LogP contribution < -0.4 is 15.4 Å². The SMILES string of the molecule is NC(=O)Oc1cccc(N2CC3(CCO3)C2)n1. The van der Waals surface area contributed by atoms with E-state index in [0.29, 0.717) is 0 Å². The first-order valence-electron chi connectivity index (χ1n) is 5.50. The summed E-state index contributed by atoms with van der Waals surface area (Å²) in [4.78, 5) is 16.9. The molecular weight excluding hydrogens is 222 g/mol. The number of hydrogen-bond acceptors (Lipinski definition) is 5. The minimum atomic E-state index is -0.850. The summed E-state index contributed by atoms with van der Waals surface area (Å²) in [5.41, 5.74) is 4.99. The smallest absolute Gasteiger partial charge is 0.391 e. The molecule has 1 spiro atoms. The van der Waals surface area contributed by atoms with Gasteiger partial charge < -0.3 is 20.1 Å². The lowest BCUT2D eigenvalue weighted by atomic mass is 9.86. The Morgan fingerprint density at radius 2 is 2.29 bits per heavy atom. The van der Waals surface area contributed by atoms with Crippen LogP contribution in [0.3, 0.4) is 0 Å². The zero-order chi connectivity index (χ0) is 11.9. The van der Waals surface area contributed by atoms with Crippen molar-refractivity contribution in [1.82, 2.24) is 4.98 Å². The third kappa shape index (κ3) is 1.80. The number of nitrogens with two attached hydrogens (primary N) is 1. The number of nitrogens with zero attached hydrogens (tertiary/aromatic N) is 2. The van der Waals surface area contributed by atoms with Crippen molar-refractivity contribution in [2.24, 2.45) is 5.73 Å². The topological polar surface area (TPSA) is 77.7 Å². The molecule has 2 aliphatic rings. The van der Waals surface area contributed by atoms with Crippen LogP contribution in [0.25, 0.3) is 0 Å². The third-order valence-corrected chi connectivity index (χ3v) is 3.16. The highest BCUT2D eigenvalue weighted by molar-refractivity contribution is 5.67. The lowest BCUT2D eigenvalue weighted by Crippen LogP contribution is -2.68. The molecule has 6 nitrogen and oxygen atoms in total. The van der Waals surface area contributed by atoms with Crippen LogP contribution in [0.4, 0.5) is 10.6 Å². The van der Waals surface area contributed by atoms with Crippen molar-refractivity contribution >= 4 is 11.9 Å². The van der Waals surface area contributed by atoms with Crippen LogP contribution in [0.15, 0.2) is 18.2 Å². The fourth-order valence-electron chi connectivity index (χ4n) is 2.19. The van der Waals surface area contributed by atoms with Gasteiger partial charge >= 0.3 is 6.09 Å². The molecule has 2 N–H and O–H groups in total. The lowest BCUT2D eigenvalue weighted by molar-refractivity contribution is -0.161. The van der Waals surface area contributed by atoms with E-state index in [1.165, 1.54) is 0 Å². The van der Waals surface area contributed by atoms with Crippen molar-refractivity contribution in [3.63, 3.8) is 0 Å². The van der Waals surface area contributed by atoms with Gasteiger partial charge in [0.2, 0.25) is 5.88 Å². The Labute approximate surface area is 98.3 Å². The van der Waals surface area contributed by atoms with Gasteiger partial charge in [0.1, 0.15) is 11.4 Å². The van der Waals surface area contributed by atoms with Crippen LogP contribution in [0.2, 0.25) is 0 Å². The largest absolute Gasteiger partial charge is 0.411 e. The quantitative estimate of drug-likeness (QED) is 0.808. The Morgan fingerprint density at radius 3 is 2.88 bits per heavy atom. The van der Waals surface area contributed by atoms with Crippen molar-refractivity contribution in [2.75, 3.05) is 24.6 Å². The predicted octanol–water partition coefficient (Wildman–Crippen LogP) is 0.518. The molecular formula is C11H13N3O3. The maximum Gasteiger partial charge on any atom is 0.411 e. The zero-order valence-corrected chi connectivity index (χ0v) is 9.26. The molecule has 0 aliphatic carbocycles. The van der Waals surface area contributed by atoms with Gasteiger partial charge in [-0.05, 0) is 6.07 Å². The molecule has 0 saturated carbocycles. The summed E-state index contributed by atoms with van der Waals surface area (Å²) in [6, 6.07) is 5.26. The number of anilines is 1. The van der Waals surface area contributed by atoms with Gasteiger partial charge in [-0.15, -0.1) is 0 Å². The van der Waals surface area contributed by atoms with Crippen molar-refractivity contribution in [2.45, 2.75) is 12.0 Å². The molecule has 2 saturated heterocycles. The van der Waals surface area contributed by atoms with E-state index in [2.05, 4.69) is 9.88 Å². The fraction of sp³-hybridized carbons (Fsp3) is 0.455. The zero-order valence-electron chi connectivity index (χ0n) is 9.26. The number of carbonyl (C=O) groups is 1. The number of primary amides is 1. The molecule has 90 valence electrons. The molecule has 2 fully saturated rings. The van der Waals surface area contributed by atoms with Gasteiger partial charge in [0.15, 0.2) is 0 Å². The Hall–Kier alpha value is -1.82. The van der Waals surface area contributed by atoms with Gasteiger partial charge in [-0.25, -0.2) is 4.79 Å². The highest BCUT2D eigenvalue weighted by atomic mass is 16.6. The Balaban J connectivity index is 1.69. The van der Waals surface area contributed by atoms with Crippen LogP contribution in [0, 0.1) is 0 Å². The van der Waals surface area contributed by atoms with E-state index in [0.717, 1.165) is 31.9 Å². The summed E-state index contributed by atoms with van der Waals surface area (Å²) in [5.74, 6) is 1.01. The number of rotatable bonds is 2. The van der Waals surface area contributed by atoms with Crippen molar-refractivity contribution in [1.29, 1.82) is 0 Å². The van der Waals surface area contributed by atoms with Gasteiger partial charge in [0, 0.05) is 12.5 Å². The van der Waals surface area contributed by atoms with Gasteiger partial charge in [0.25, 0.3) is 0 Å². The number of carbonyl (C=O) groups excluding carboxylic acids is 1. The summed E-state index contributed by atoms with van der Waals surface area (Å²) in [5, 5.41) is 0. The highest BCUT2D eigenvalue weighted by Crippen LogP contribution is 2.38. The molecule has 17 heavy (non-hydrogen) atoms. The Bertz CT molecular complexity index is 451. The summed E-state index contributed by atoms with van der Waals surface area (Å²) >= 11 is 0. The van der Waals surface area contributed by atoms with E-state index in [9.17, 15) is 4.79 Å². The molecule has 0 radical (unpaired) electrons. The molecule has 1 aromatic heterocycles. The lowest BCUT2D eigenvalue weighted by Gasteiger charge is -2.55. The summed E-state index contributed by atoms with van der Waals surface area (Å²) in [6.07, 6.45) is 0.262. The van der Waals surface area contributed by atoms with Crippen molar-refractivity contribution in [3.8, 4) is 5.88 Å². The maximum atomic E-state index is 10.6. The predicted molar refractivity (Wildman–Crippen MR) is 60.0 cm³/mol. The minimum Gasteiger partial charge on any atom is -0.391 e. The number of ether oxygens (including phenoxy) is 2. The van der Waals surface area contributed by atoms with Gasteiger partial charge in [-0.2, -0.15) is 4.98 Å². The summed E-state index contributed by atoms with van der Waals surface area (Å²) in [7, 11) is 0. The van der Waals surface area contributed by atoms with E-state index in [1.54, 1.807) is 12.1 Å². The Kier molecular flexibility index (Phi) is 2.19. The maximum absolute atomic E-state index is 10.6. The number of amides is 1. The molecule has 3 heterocycles. The molecule has 1 aromatic rings. The van der Waals surface area contributed by atoms with Gasteiger partial charge in [-0.1, -0.05) is 6.07 Å². The second-order valence-electron chi connectivity index (χ2n) is 4.39. The molecule has 0 unspecified atom stereocenters. The van der Waals surface area contributed by atoms with E-state index in [4.69, 9.17) is 15.2 Å². The average molecular weight is 235 g/mol. The fourth-order valence-corrected chi connectivity index (χ4v) is 2.19. The monoisotopic (exact) mass is 235 g/mol. The standard InChI is InChI=1S/C11H13N3O3/c12-10(15)17-9-3-1-2-8(13-9)14-6-11(7-14)4-5-16-11/h1-3H,4-7H2,(H2,12,15). The minimum absolute atomic E-state index is 0.0578. The molecule has 0 aromatic carbocycles. The first kappa shape index (κ1) is 10.3. The number of hydrogen-bond donors (Lipinski definition) is 1. The summed E-state index contributed by atoms with van der Waals surface area (Å²) in [6.45, 7) is 2.55. The van der Waals surface area contributed by atoms with Crippen LogP contribution >= 0.6 is 0 Å². The van der Waals surface area contributed by atoms with Crippen LogP contribution in [-0.4, -0.2) is 36.4 Å². The van der Waals surface area contributed by atoms with Crippen LogP contribution in [0.1, 0.15) is 6.42 Å². The third-order valence-electron chi connectivity index (χ3n) is 3.16. The van der Waals surface area contributed by atoms with E-state index >= 15 is 0 Å². The number of pyridine rings is 1. The van der Waals surface area contributed by atoms with Gasteiger partial charge in [0.05, 0.1) is 19.7 Å². The van der Waals surface area contributed by atoms with Crippen LogP contribution in [-0.2, 0) is 4.74 Å². The molecule has 3 rings (SSSR count). The second-order valence-corrected chi connectivity index (χ2v) is 4.39. The van der Waals surface area contributed by atoms with Crippen molar-refractivity contribution < 1.29 is 14.3 Å². The Morgan fingerprint density at radius 1 is 1.53 bits per heavy atom. The highest BCUT2D eigenvalue weighted by Gasteiger charge is 2.49. The molecule has 2 aliphatic heterocycles. The van der Waals surface area contributed by atoms with Gasteiger partial charge in [-0.3, -0.25) is 0 Å². The molecule has 1 amide bonds. The van der Waals surface area contributed by atoms with E-state index in [-0.39, 0.29) is 11.5 Å². The first-order chi connectivity index (χ1) is 8.17. The second kappa shape index (κ2) is 3.59. The number of aromatic nitrogens is 1. The normalized spacial score (nSPS) is 20.6. The van der Waals surface area contributed by atoms with Crippen LogP contribution in [0.5, 0.6) is 5.88 Å². The van der Waals surface area contributed by atoms with E-state index < -0.39 is 6.09 Å². The average Bonchev–Trinajstić information content (AvgIpc) is 2.12. The van der Waals surface area contributed by atoms with E-state index in [1.807, 2.05) is 6.07 Å². The summed E-state index contributed by atoms with van der Waals surface area (Å²) < 4.78 is 10.3. The van der Waals surface area contributed by atoms with Crippen molar-refractivity contribution in [3.05, 3.63) is 18.2 Å². The molecule has 0 bridgehead atoms. The molecule has 0 atom stereocenters.